The van der Waals surface area contributed by atoms with Gasteiger partial charge in [-0.25, -0.2) is 4.39 Å². The van der Waals surface area contributed by atoms with Crippen molar-refractivity contribution >= 4 is 17.6 Å². The summed E-state index contributed by atoms with van der Waals surface area (Å²) in [4.78, 5) is 25.3. The molecule has 30 heavy (non-hydrogen) atoms. The summed E-state index contributed by atoms with van der Waals surface area (Å²) in [5, 5.41) is 3.48. The predicted octanol–water partition coefficient (Wildman–Crippen LogP) is 1.47. The molecule has 0 radical (unpaired) electrons. The van der Waals surface area contributed by atoms with Crippen LogP contribution in [0.1, 0.15) is 19.3 Å². The number of guanidine groups is 1. The molecule has 166 valence electrons. The first-order valence-corrected chi connectivity index (χ1v) is 10.9. The number of benzene rings is 1. The van der Waals surface area contributed by atoms with Crippen molar-refractivity contribution < 1.29 is 9.18 Å². The molecule has 2 heterocycles. The van der Waals surface area contributed by atoms with Gasteiger partial charge in [-0.15, -0.1) is 0 Å². The van der Waals surface area contributed by atoms with E-state index in [1.165, 1.54) is 12.1 Å². The lowest BCUT2D eigenvalue weighted by Crippen LogP contribution is -2.52. The van der Waals surface area contributed by atoms with Gasteiger partial charge in [0.25, 0.3) is 0 Å². The number of hydrogen-bond donors (Lipinski definition) is 1. The zero-order valence-electron chi connectivity index (χ0n) is 18.5. The zero-order valence-corrected chi connectivity index (χ0v) is 18.5. The highest BCUT2D eigenvalue weighted by Gasteiger charge is 2.31. The van der Waals surface area contributed by atoms with Gasteiger partial charge in [0.05, 0.1) is 6.04 Å². The maximum atomic E-state index is 13.1. The van der Waals surface area contributed by atoms with Gasteiger partial charge in [-0.3, -0.25) is 14.7 Å². The van der Waals surface area contributed by atoms with Crippen LogP contribution in [0.5, 0.6) is 0 Å². The summed E-state index contributed by atoms with van der Waals surface area (Å²) in [6.45, 7) is 6.29. The van der Waals surface area contributed by atoms with Crippen molar-refractivity contribution in [1.29, 1.82) is 0 Å². The van der Waals surface area contributed by atoms with E-state index in [1.54, 1.807) is 4.90 Å². The molecule has 1 amide bonds. The van der Waals surface area contributed by atoms with Crippen LogP contribution >= 0.6 is 0 Å². The van der Waals surface area contributed by atoms with Gasteiger partial charge in [0, 0.05) is 66.1 Å². The molecule has 0 saturated carbocycles. The number of likely N-dealkylation sites (N-methyl/N-ethyl adjacent to an activating group) is 1. The summed E-state index contributed by atoms with van der Waals surface area (Å²) in [6.07, 6.45) is 3.04. The Morgan fingerprint density at radius 1 is 1.17 bits per heavy atom. The second-order valence-electron chi connectivity index (χ2n) is 8.20. The average Bonchev–Trinajstić information content (AvgIpc) is 3.22. The number of amides is 1. The first-order chi connectivity index (χ1) is 14.5. The highest BCUT2D eigenvalue weighted by atomic mass is 19.1. The highest BCUT2D eigenvalue weighted by Crippen LogP contribution is 2.19. The third-order valence-electron chi connectivity index (χ3n) is 5.98. The third-order valence-corrected chi connectivity index (χ3v) is 5.98. The van der Waals surface area contributed by atoms with Gasteiger partial charge in [-0.2, -0.15) is 0 Å². The quantitative estimate of drug-likeness (QED) is 0.431. The molecule has 1 aromatic rings. The van der Waals surface area contributed by atoms with Gasteiger partial charge in [0.15, 0.2) is 5.96 Å². The first kappa shape index (κ1) is 22.3. The van der Waals surface area contributed by atoms with Crippen LogP contribution in [0, 0.1) is 5.82 Å². The van der Waals surface area contributed by atoms with Crippen LogP contribution in [-0.2, 0) is 4.79 Å². The monoisotopic (exact) mass is 418 g/mol. The number of nitrogens with zero attached hydrogens (tertiary/aromatic N) is 5. The summed E-state index contributed by atoms with van der Waals surface area (Å²) in [7, 11) is 5.49. The molecular formula is C22H35FN6O. The SMILES string of the molecule is CN=C(NCCCN1CCCC1C(=O)N(C)C)N1CCN(c2ccc(F)cc2)CC1. The standard InChI is InChI=1S/C22H35FN6O/c1-24-22(25-11-5-13-28-12-4-6-20(28)21(30)26(2)3)29-16-14-27(15-17-29)19-9-7-18(23)8-10-19/h7-10,20H,4-6,11-17H2,1-3H3,(H,24,25). The van der Waals surface area contributed by atoms with E-state index in [0.717, 1.165) is 76.7 Å². The van der Waals surface area contributed by atoms with Crippen LogP contribution in [0.15, 0.2) is 29.3 Å². The summed E-state index contributed by atoms with van der Waals surface area (Å²) < 4.78 is 13.1. The van der Waals surface area contributed by atoms with Crippen molar-refractivity contribution in [3.8, 4) is 0 Å². The number of hydrogen-bond acceptors (Lipinski definition) is 4. The number of piperazine rings is 1. The van der Waals surface area contributed by atoms with E-state index < -0.39 is 0 Å². The van der Waals surface area contributed by atoms with Crippen molar-refractivity contribution in [2.45, 2.75) is 25.3 Å². The number of anilines is 1. The van der Waals surface area contributed by atoms with E-state index in [2.05, 4.69) is 25.0 Å². The number of aliphatic imine (C=N–C) groups is 1. The largest absolute Gasteiger partial charge is 0.368 e. The Kier molecular flexibility index (Phi) is 7.90. The molecule has 0 aliphatic carbocycles. The topological polar surface area (TPSA) is 54.4 Å². The van der Waals surface area contributed by atoms with Crippen LogP contribution in [0.2, 0.25) is 0 Å². The summed E-state index contributed by atoms with van der Waals surface area (Å²) in [6, 6.07) is 6.74. The van der Waals surface area contributed by atoms with E-state index >= 15 is 0 Å². The van der Waals surface area contributed by atoms with E-state index in [4.69, 9.17) is 0 Å². The Balaban J connectivity index is 1.40. The summed E-state index contributed by atoms with van der Waals surface area (Å²) in [5.74, 6) is 0.944. The molecule has 2 saturated heterocycles. The van der Waals surface area contributed by atoms with Crippen LogP contribution in [0.4, 0.5) is 10.1 Å². The van der Waals surface area contributed by atoms with Gasteiger partial charge >= 0.3 is 0 Å². The Morgan fingerprint density at radius 2 is 1.87 bits per heavy atom. The lowest BCUT2D eigenvalue weighted by atomic mass is 10.2. The molecule has 3 rings (SSSR count). The Morgan fingerprint density at radius 3 is 2.50 bits per heavy atom. The molecule has 0 bridgehead atoms. The van der Waals surface area contributed by atoms with Crippen LogP contribution < -0.4 is 10.2 Å². The van der Waals surface area contributed by atoms with Gasteiger partial charge in [0.2, 0.25) is 5.91 Å². The smallest absolute Gasteiger partial charge is 0.239 e. The molecular weight excluding hydrogens is 383 g/mol. The Labute approximate surface area is 179 Å². The fourth-order valence-electron chi connectivity index (χ4n) is 4.31. The molecule has 0 spiro atoms. The fourth-order valence-corrected chi connectivity index (χ4v) is 4.31. The van der Waals surface area contributed by atoms with Crippen molar-refractivity contribution in [3.63, 3.8) is 0 Å². The van der Waals surface area contributed by atoms with E-state index in [0.29, 0.717) is 0 Å². The minimum atomic E-state index is -0.201. The molecule has 8 heteroatoms. The van der Waals surface area contributed by atoms with E-state index in [9.17, 15) is 9.18 Å². The molecule has 1 atom stereocenters. The van der Waals surface area contributed by atoms with Crippen LogP contribution in [-0.4, -0.2) is 99.6 Å². The maximum Gasteiger partial charge on any atom is 0.239 e. The molecule has 1 unspecified atom stereocenters. The lowest BCUT2D eigenvalue weighted by molar-refractivity contribution is -0.133. The number of likely N-dealkylation sites (tertiary alicyclic amines) is 1. The maximum absolute atomic E-state index is 13.1. The molecule has 0 aromatic heterocycles. The number of carbonyl (C=O) groups is 1. The molecule has 7 nitrogen and oxygen atoms in total. The number of carbonyl (C=O) groups excluding carboxylic acids is 1. The minimum absolute atomic E-state index is 0.0406. The molecule has 2 aliphatic heterocycles. The predicted molar refractivity (Wildman–Crippen MR) is 119 cm³/mol. The first-order valence-electron chi connectivity index (χ1n) is 10.9. The second-order valence-corrected chi connectivity index (χ2v) is 8.20. The van der Waals surface area contributed by atoms with E-state index in [1.807, 2.05) is 33.3 Å². The minimum Gasteiger partial charge on any atom is -0.368 e. The number of halogens is 1. The normalized spacial score (nSPS) is 20.5. The number of nitrogens with one attached hydrogen (secondary N) is 1. The highest BCUT2D eigenvalue weighted by molar-refractivity contribution is 5.81. The summed E-state index contributed by atoms with van der Waals surface area (Å²) >= 11 is 0. The Bertz CT molecular complexity index is 715. The van der Waals surface area contributed by atoms with Crippen molar-refractivity contribution in [2.75, 3.05) is 71.9 Å². The zero-order chi connectivity index (χ0) is 21.5. The fraction of sp³-hybridized carbons (Fsp3) is 0.636. The lowest BCUT2D eigenvalue weighted by Gasteiger charge is -2.37. The van der Waals surface area contributed by atoms with Gasteiger partial charge in [0.1, 0.15) is 5.82 Å². The molecule has 2 fully saturated rings. The molecule has 1 N–H and O–H groups in total. The van der Waals surface area contributed by atoms with Crippen LogP contribution in [0.3, 0.4) is 0 Å². The van der Waals surface area contributed by atoms with Crippen molar-refractivity contribution in [1.82, 2.24) is 20.0 Å². The van der Waals surface area contributed by atoms with Crippen molar-refractivity contribution in [2.24, 2.45) is 4.99 Å². The Hall–Kier alpha value is -2.35. The van der Waals surface area contributed by atoms with Gasteiger partial charge in [-0.05, 0) is 50.1 Å². The second kappa shape index (κ2) is 10.6. The average molecular weight is 419 g/mol. The van der Waals surface area contributed by atoms with Gasteiger partial charge < -0.3 is 20.0 Å². The molecule has 2 aliphatic rings. The summed E-state index contributed by atoms with van der Waals surface area (Å²) in [5.41, 5.74) is 1.06. The van der Waals surface area contributed by atoms with E-state index in [-0.39, 0.29) is 17.8 Å². The van der Waals surface area contributed by atoms with Gasteiger partial charge in [-0.1, -0.05) is 0 Å². The van der Waals surface area contributed by atoms with Crippen molar-refractivity contribution in [3.05, 3.63) is 30.1 Å². The number of rotatable bonds is 6. The molecule has 1 aromatic carbocycles. The van der Waals surface area contributed by atoms with Crippen LogP contribution in [0.25, 0.3) is 0 Å². The third kappa shape index (κ3) is 5.62.